The van der Waals surface area contributed by atoms with Crippen molar-refractivity contribution in [2.45, 2.75) is 73.1 Å². The molecular weight excluding hydrogens is 709 g/mol. The molecule has 1 aliphatic heterocycles. The average Bonchev–Trinajstić information content (AvgIpc) is 3.73. The fourth-order valence-corrected chi connectivity index (χ4v) is 8.50. The van der Waals surface area contributed by atoms with Crippen molar-refractivity contribution < 1.29 is 4.74 Å². The van der Waals surface area contributed by atoms with Crippen molar-refractivity contribution >= 4 is 44.6 Å². The maximum Gasteiger partial charge on any atom is 0.137 e. The molecule has 0 N–H and O–H groups in total. The van der Waals surface area contributed by atoms with Crippen molar-refractivity contribution in [3.63, 3.8) is 0 Å². The summed E-state index contributed by atoms with van der Waals surface area (Å²) >= 11 is 0. The number of pyridine rings is 1. The number of aromatic nitrogens is 2. The Morgan fingerprint density at radius 2 is 1.16 bits per heavy atom. The lowest BCUT2D eigenvalue weighted by Crippen LogP contribution is -2.25. The van der Waals surface area contributed by atoms with Gasteiger partial charge in [-0.05, 0) is 115 Å². The highest BCUT2D eigenvalue weighted by Gasteiger charge is 2.30. The molecule has 0 aliphatic carbocycles. The fraction of sp³-hybridized carbons (Fsp3) is 0.226. The molecule has 1 aliphatic rings. The second-order valence-corrected chi connectivity index (χ2v) is 18.1. The molecule has 0 amide bonds. The zero-order chi connectivity index (χ0) is 40.5. The van der Waals surface area contributed by atoms with Gasteiger partial charge in [0.05, 0.1) is 22.4 Å². The van der Waals surface area contributed by atoms with Gasteiger partial charge in [-0.25, -0.2) is 4.98 Å². The number of benzene rings is 6. The van der Waals surface area contributed by atoms with Crippen LogP contribution >= 0.6 is 0 Å². The monoisotopic (exact) mass is 760 g/mol. The maximum absolute atomic E-state index is 6.73. The Labute approximate surface area is 343 Å². The van der Waals surface area contributed by atoms with Gasteiger partial charge in [-0.15, -0.1) is 0 Å². The minimum atomic E-state index is 0.0268. The van der Waals surface area contributed by atoms with Crippen molar-refractivity contribution in [1.82, 2.24) is 9.55 Å². The highest BCUT2D eigenvalue weighted by Crippen LogP contribution is 2.46. The van der Waals surface area contributed by atoms with Crippen LogP contribution in [0.4, 0.5) is 22.7 Å². The summed E-state index contributed by atoms with van der Waals surface area (Å²) in [7, 11) is 0. The molecule has 0 fully saturated rings. The minimum Gasteiger partial charge on any atom is -0.457 e. The molecule has 0 unspecified atom stereocenters. The SMILES string of the molecule is Cc1cc(C)cc(-c2cnc(-n3c4ccccc4c4ccc(Oc5cccc(N6CN(c7cc(C(C)(C)C)cc(C(C)(C)C)c7)c7ccccc76)c5)cc43)cc2C)c1. The number of aryl methyl sites for hydroxylation is 3. The Hall–Kier alpha value is -6.33. The van der Waals surface area contributed by atoms with Gasteiger partial charge in [-0.1, -0.05) is 113 Å². The number of para-hydroxylation sites is 3. The van der Waals surface area contributed by atoms with E-state index in [9.17, 15) is 0 Å². The first kappa shape index (κ1) is 37.3. The van der Waals surface area contributed by atoms with Crippen LogP contribution in [-0.4, -0.2) is 16.2 Å². The van der Waals surface area contributed by atoms with Crippen LogP contribution in [0.3, 0.4) is 0 Å². The molecule has 5 heteroatoms. The van der Waals surface area contributed by atoms with Crippen molar-refractivity contribution in [3.8, 4) is 28.4 Å². The summed E-state index contributed by atoms with van der Waals surface area (Å²) < 4.78 is 8.99. The number of nitrogens with zero attached hydrogens (tertiary/aromatic N) is 4. The van der Waals surface area contributed by atoms with Crippen LogP contribution in [-0.2, 0) is 10.8 Å². The minimum absolute atomic E-state index is 0.0268. The lowest BCUT2D eigenvalue weighted by Gasteiger charge is -2.29. The molecule has 58 heavy (non-hydrogen) atoms. The third-order valence-corrected chi connectivity index (χ3v) is 11.6. The lowest BCUT2D eigenvalue weighted by molar-refractivity contribution is 0.483. The zero-order valence-corrected chi connectivity index (χ0v) is 35.2. The molecule has 3 heterocycles. The third kappa shape index (κ3) is 6.79. The Kier molecular flexibility index (Phi) is 8.96. The van der Waals surface area contributed by atoms with Crippen LogP contribution in [0, 0.1) is 20.8 Å². The van der Waals surface area contributed by atoms with Gasteiger partial charge in [-0.3, -0.25) is 4.57 Å². The van der Waals surface area contributed by atoms with E-state index >= 15 is 0 Å². The van der Waals surface area contributed by atoms with Gasteiger partial charge in [0.1, 0.15) is 24.0 Å². The quantitative estimate of drug-likeness (QED) is 0.169. The predicted molar refractivity (Wildman–Crippen MR) is 244 cm³/mol. The van der Waals surface area contributed by atoms with Gasteiger partial charge in [0, 0.05) is 46.0 Å². The summed E-state index contributed by atoms with van der Waals surface area (Å²) in [5.41, 5.74) is 15.6. The Bertz CT molecular complexity index is 2820. The number of hydrogen-bond donors (Lipinski definition) is 0. The van der Waals surface area contributed by atoms with Crippen LogP contribution in [0.2, 0.25) is 0 Å². The summed E-state index contributed by atoms with van der Waals surface area (Å²) in [6, 6.07) is 48.2. The first-order chi connectivity index (χ1) is 27.7. The summed E-state index contributed by atoms with van der Waals surface area (Å²) in [6.07, 6.45) is 2.02. The first-order valence-corrected chi connectivity index (χ1v) is 20.4. The number of hydrogen-bond acceptors (Lipinski definition) is 4. The van der Waals surface area contributed by atoms with E-state index in [-0.39, 0.29) is 10.8 Å². The summed E-state index contributed by atoms with van der Waals surface area (Å²) in [5, 5.41) is 2.34. The Balaban J connectivity index is 1.06. The van der Waals surface area contributed by atoms with Crippen molar-refractivity contribution in [2.75, 3.05) is 16.5 Å². The third-order valence-electron chi connectivity index (χ3n) is 11.6. The summed E-state index contributed by atoms with van der Waals surface area (Å²) in [4.78, 5) is 9.92. The molecule has 290 valence electrons. The molecule has 0 saturated carbocycles. The van der Waals surface area contributed by atoms with Crippen LogP contribution in [0.25, 0.3) is 38.8 Å². The van der Waals surface area contributed by atoms with Crippen LogP contribution in [0.1, 0.15) is 69.4 Å². The largest absolute Gasteiger partial charge is 0.457 e. The van der Waals surface area contributed by atoms with Crippen LogP contribution in [0.5, 0.6) is 11.5 Å². The Morgan fingerprint density at radius 1 is 0.534 bits per heavy atom. The zero-order valence-electron chi connectivity index (χ0n) is 35.2. The van der Waals surface area contributed by atoms with Crippen molar-refractivity contribution in [2.24, 2.45) is 0 Å². The van der Waals surface area contributed by atoms with Gasteiger partial charge < -0.3 is 14.5 Å². The molecule has 6 aromatic carbocycles. The van der Waals surface area contributed by atoms with Crippen LogP contribution < -0.4 is 14.5 Å². The van der Waals surface area contributed by atoms with Gasteiger partial charge >= 0.3 is 0 Å². The second kappa shape index (κ2) is 13.9. The van der Waals surface area contributed by atoms with Crippen molar-refractivity contribution in [3.05, 3.63) is 167 Å². The van der Waals surface area contributed by atoms with E-state index in [0.29, 0.717) is 6.67 Å². The highest BCUT2D eigenvalue weighted by atomic mass is 16.5. The van der Waals surface area contributed by atoms with Crippen LogP contribution in [0.15, 0.2) is 140 Å². The highest BCUT2D eigenvalue weighted by molar-refractivity contribution is 6.09. The number of anilines is 4. The van der Waals surface area contributed by atoms with Gasteiger partial charge in [0.25, 0.3) is 0 Å². The first-order valence-electron chi connectivity index (χ1n) is 20.4. The number of rotatable bonds is 6. The smallest absolute Gasteiger partial charge is 0.137 e. The number of ether oxygens (including phenoxy) is 1. The molecular formula is C53H52N4O. The molecule has 9 rings (SSSR count). The maximum atomic E-state index is 6.73. The van der Waals surface area contributed by atoms with Crippen molar-refractivity contribution in [1.29, 1.82) is 0 Å². The molecule has 8 aromatic rings. The van der Waals surface area contributed by atoms with E-state index in [0.717, 1.165) is 45.0 Å². The topological polar surface area (TPSA) is 33.5 Å². The van der Waals surface area contributed by atoms with Gasteiger partial charge in [0.2, 0.25) is 0 Å². The van der Waals surface area contributed by atoms with E-state index in [1.165, 1.54) is 55.8 Å². The molecule has 0 bridgehead atoms. The van der Waals surface area contributed by atoms with E-state index in [2.05, 4.69) is 204 Å². The van der Waals surface area contributed by atoms with Gasteiger partial charge in [0.15, 0.2) is 0 Å². The molecule has 0 spiro atoms. The summed E-state index contributed by atoms with van der Waals surface area (Å²) in [5.74, 6) is 2.44. The average molecular weight is 761 g/mol. The molecule has 2 aromatic heterocycles. The molecule has 0 saturated heterocycles. The lowest BCUT2D eigenvalue weighted by atomic mass is 9.80. The molecule has 5 nitrogen and oxygen atoms in total. The standard InChI is InChI=1S/C53H52N4O/c1-34-23-35(2)25-37(24-34)46-32-54-51(26-36(46)3)57-47-18-11-10-17-44(47)45-22-21-43(31-50(45)57)58-42-16-14-15-40(30-42)55-33-56(49-20-13-12-19-48(49)55)41-28-38(52(4,5)6)27-39(29-41)53(7,8)9/h10-32H,33H2,1-9H3. The normalized spacial score (nSPS) is 13.1. The number of fused-ring (bicyclic) bond motifs is 4. The van der Waals surface area contributed by atoms with E-state index in [4.69, 9.17) is 9.72 Å². The second-order valence-electron chi connectivity index (χ2n) is 18.1. The van der Waals surface area contributed by atoms with E-state index in [1.807, 2.05) is 12.3 Å². The fourth-order valence-electron chi connectivity index (χ4n) is 8.50. The molecule has 0 atom stereocenters. The summed E-state index contributed by atoms with van der Waals surface area (Å²) in [6.45, 7) is 21.0. The molecule has 0 radical (unpaired) electrons. The predicted octanol–water partition coefficient (Wildman–Crippen LogP) is 14.4. The van der Waals surface area contributed by atoms with E-state index in [1.54, 1.807) is 0 Å². The Morgan fingerprint density at radius 3 is 1.83 bits per heavy atom. The van der Waals surface area contributed by atoms with E-state index < -0.39 is 0 Å². The van der Waals surface area contributed by atoms with Gasteiger partial charge in [-0.2, -0.15) is 0 Å².